The first-order chi connectivity index (χ1) is 10.9. The van der Waals surface area contributed by atoms with Gasteiger partial charge in [-0.25, -0.2) is 18.4 Å². The molecular formula is C14H22N6O2S. The zero-order valence-electron chi connectivity index (χ0n) is 13.7. The minimum absolute atomic E-state index is 0.214. The van der Waals surface area contributed by atoms with Crippen LogP contribution in [0.2, 0.25) is 0 Å². The molecule has 1 saturated heterocycles. The maximum Gasteiger partial charge on any atom is 0.214 e. The van der Waals surface area contributed by atoms with E-state index in [2.05, 4.69) is 20.0 Å². The minimum atomic E-state index is -3.13. The topological polar surface area (TPSA) is 84.2 Å². The summed E-state index contributed by atoms with van der Waals surface area (Å²) >= 11 is 0. The Hall–Kier alpha value is -1.74. The average Bonchev–Trinajstić information content (AvgIpc) is 2.82. The first-order valence-corrected chi connectivity index (χ1v) is 9.42. The fraction of sp³-hybridized carbons (Fsp3) is 0.643. The smallest absolute Gasteiger partial charge is 0.214 e. The number of sulfonamides is 1. The first kappa shape index (κ1) is 16.1. The van der Waals surface area contributed by atoms with E-state index in [0.717, 1.165) is 22.5 Å². The second kappa shape index (κ2) is 6.04. The molecule has 1 fully saturated rings. The van der Waals surface area contributed by atoms with Crippen LogP contribution in [0.25, 0.3) is 11.0 Å². The van der Waals surface area contributed by atoms with Crippen molar-refractivity contribution in [2.45, 2.75) is 20.3 Å². The molecule has 23 heavy (non-hydrogen) atoms. The molecule has 2 aromatic rings. The molecule has 126 valence electrons. The number of hydrogen-bond acceptors (Lipinski definition) is 6. The van der Waals surface area contributed by atoms with Crippen molar-refractivity contribution >= 4 is 26.9 Å². The Morgan fingerprint density at radius 3 is 2.52 bits per heavy atom. The van der Waals surface area contributed by atoms with Crippen molar-refractivity contribution in [1.82, 2.24) is 24.1 Å². The largest absolute Gasteiger partial charge is 0.352 e. The lowest BCUT2D eigenvalue weighted by Crippen LogP contribution is -2.49. The molecule has 0 spiro atoms. The summed E-state index contributed by atoms with van der Waals surface area (Å²) < 4.78 is 27.7. The van der Waals surface area contributed by atoms with E-state index in [-0.39, 0.29) is 5.75 Å². The molecule has 8 nitrogen and oxygen atoms in total. The SMILES string of the molecule is CCCS(=O)(=O)N1CCN(c2ncnc3c(C)nn(C)c23)CC1. The molecule has 1 aliphatic heterocycles. The lowest BCUT2D eigenvalue weighted by Gasteiger charge is -2.34. The summed E-state index contributed by atoms with van der Waals surface area (Å²) in [5.74, 6) is 1.04. The molecule has 3 rings (SSSR count). The Morgan fingerprint density at radius 1 is 1.17 bits per heavy atom. The van der Waals surface area contributed by atoms with Gasteiger partial charge < -0.3 is 4.90 Å². The maximum absolute atomic E-state index is 12.2. The van der Waals surface area contributed by atoms with Gasteiger partial charge in [0.1, 0.15) is 17.4 Å². The van der Waals surface area contributed by atoms with Gasteiger partial charge in [-0.3, -0.25) is 4.68 Å². The van der Waals surface area contributed by atoms with Crippen molar-refractivity contribution in [1.29, 1.82) is 0 Å². The van der Waals surface area contributed by atoms with Gasteiger partial charge >= 0.3 is 0 Å². The fourth-order valence-corrected chi connectivity index (χ4v) is 4.54. The van der Waals surface area contributed by atoms with Crippen molar-refractivity contribution in [3.63, 3.8) is 0 Å². The van der Waals surface area contributed by atoms with Crippen LogP contribution < -0.4 is 4.90 Å². The van der Waals surface area contributed by atoms with E-state index in [1.54, 1.807) is 15.3 Å². The molecule has 0 atom stereocenters. The molecule has 3 heterocycles. The molecule has 0 unspecified atom stereocenters. The van der Waals surface area contributed by atoms with Crippen molar-refractivity contribution in [3.05, 3.63) is 12.0 Å². The summed E-state index contributed by atoms with van der Waals surface area (Å²) in [6.45, 7) is 6.04. The molecule has 0 radical (unpaired) electrons. The van der Waals surface area contributed by atoms with Gasteiger partial charge in [0.25, 0.3) is 0 Å². The van der Waals surface area contributed by atoms with Crippen molar-refractivity contribution in [2.24, 2.45) is 7.05 Å². The number of anilines is 1. The number of aryl methyl sites for hydroxylation is 2. The summed E-state index contributed by atoms with van der Waals surface area (Å²) in [5.41, 5.74) is 2.61. The molecule has 2 aromatic heterocycles. The van der Waals surface area contributed by atoms with Crippen molar-refractivity contribution in [2.75, 3.05) is 36.8 Å². The Labute approximate surface area is 136 Å². The Balaban J connectivity index is 1.84. The van der Waals surface area contributed by atoms with E-state index in [1.807, 2.05) is 20.9 Å². The number of nitrogens with zero attached hydrogens (tertiary/aromatic N) is 6. The van der Waals surface area contributed by atoms with Gasteiger partial charge in [-0.2, -0.15) is 9.40 Å². The molecule has 1 aliphatic rings. The second-order valence-electron chi connectivity index (χ2n) is 5.81. The monoisotopic (exact) mass is 338 g/mol. The highest BCUT2D eigenvalue weighted by Crippen LogP contribution is 2.25. The lowest BCUT2D eigenvalue weighted by molar-refractivity contribution is 0.383. The van der Waals surface area contributed by atoms with Crippen LogP contribution in [0, 0.1) is 6.92 Å². The summed E-state index contributed by atoms with van der Waals surface area (Å²) in [4.78, 5) is 10.8. The Morgan fingerprint density at radius 2 is 1.87 bits per heavy atom. The fourth-order valence-electron chi connectivity index (χ4n) is 3.05. The van der Waals surface area contributed by atoms with Crippen LogP contribution in [0.15, 0.2) is 6.33 Å². The number of aromatic nitrogens is 4. The lowest BCUT2D eigenvalue weighted by atomic mass is 10.3. The van der Waals surface area contributed by atoms with Crippen LogP contribution in [0.3, 0.4) is 0 Å². The maximum atomic E-state index is 12.2. The van der Waals surface area contributed by atoms with Crippen LogP contribution in [-0.2, 0) is 17.1 Å². The normalized spacial score (nSPS) is 17.1. The van der Waals surface area contributed by atoms with Crippen LogP contribution in [0.5, 0.6) is 0 Å². The van der Waals surface area contributed by atoms with Crippen LogP contribution >= 0.6 is 0 Å². The molecule has 0 aliphatic carbocycles. The van der Waals surface area contributed by atoms with Gasteiger partial charge in [-0.1, -0.05) is 6.92 Å². The van der Waals surface area contributed by atoms with Gasteiger partial charge in [0.15, 0.2) is 5.82 Å². The zero-order valence-corrected chi connectivity index (χ0v) is 14.5. The molecule has 0 N–H and O–H groups in total. The summed E-state index contributed by atoms with van der Waals surface area (Å²) in [6, 6.07) is 0. The van der Waals surface area contributed by atoms with E-state index < -0.39 is 10.0 Å². The third-order valence-electron chi connectivity index (χ3n) is 4.16. The van der Waals surface area contributed by atoms with Crippen LogP contribution in [-0.4, -0.2) is 64.4 Å². The molecule has 0 saturated carbocycles. The minimum Gasteiger partial charge on any atom is -0.352 e. The molecular weight excluding hydrogens is 316 g/mol. The van der Waals surface area contributed by atoms with E-state index in [0.29, 0.717) is 32.6 Å². The van der Waals surface area contributed by atoms with Gasteiger partial charge in [0.05, 0.1) is 11.4 Å². The summed E-state index contributed by atoms with van der Waals surface area (Å²) in [7, 11) is -1.25. The molecule has 0 bridgehead atoms. The number of fused-ring (bicyclic) bond motifs is 1. The van der Waals surface area contributed by atoms with E-state index in [1.165, 1.54) is 0 Å². The summed E-state index contributed by atoms with van der Waals surface area (Å²) in [6.07, 6.45) is 2.19. The second-order valence-corrected chi connectivity index (χ2v) is 7.89. The predicted octanol–water partition coefficient (Wildman–Crippen LogP) is 0.534. The standard InChI is InChI=1S/C14H22N6O2S/c1-4-9-23(21,22)20-7-5-19(6-8-20)14-13-12(15-10-16-14)11(2)17-18(13)3/h10H,4-9H2,1-3H3. The van der Waals surface area contributed by atoms with Crippen molar-refractivity contribution < 1.29 is 8.42 Å². The Kier molecular flexibility index (Phi) is 4.24. The third kappa shape index (κ3) is 2.90. The van der Waals surface area contributed by atoms with Crippen molar-refractivity contribution in [3.8, 4) is 0 Å². The van der Waals surface area contributed by atoms with E-state index in [4.69, 9.17) is 0 Å². The predicted molar refractivity (Wildman–Crippen MR) is 88.9 cm³/mol. The first-order valence-electron chi connectivity index (χ1n) is 7.81. The van der Waals surface area contributed by atoms with Gasteiger partial charge in [0, 0.05) is 33.2 Å². The quantitative estimate of drug-likeness (QED) is 0.809. The average molecular weight is 338 g/mol. The molecule has 0 amide bonds. The highest BCUT2D eigenvalue weighted by Gasteiger charge is 2.28. The Bertz CT molecular complexity index is 808. The zero-order chi connectivity index (χ0) is 16.6. The molecule has 9 heteroatoms. The number of rotatable bonds is 4. The third-order valence-corrected chi connectivity index (χ3v) is 6.24. The number of piperazine rings is 1. The highest BCUT2D eigenvalue weighted by atomic mass is 32.2. The van der Waals surface area contributed by atoms with Gasteiger partial charge in [-0.05, 0) is 13.3 Å². The van der Waals surface area contributed by atoms with Crippen LogP contribution in [0.1, 0.15) is 19.0 Å². The summed E-state index contributed by atoms with van der Waals surface area (Å²) in [5, 5.41) is 4.41. The number of hydrogen-bond donors (Lipinski definition) is 0. The van der Waals surface area contributed by atoms with E-state index in [9.17, 15) is 8.42 Å². The van der Waals surface area contributed by atoms with E-state index >= 15 is 0 Å². The molecule has 0 aromatic carbocycles. The van der Waals surface area contributed by atoms with Gasteiger partial charge in [-0.15, -0.1) is 0 Å². The van der Waals surface area contributed by atoms with Gasteiger partial charge in [0.2, 0.25) is 10.0 Å². The van der Waals surface area contributed by atoms with Crippen LogP contribution in [0.4, 0.5) is 5.82 Å². The highest BCUT2D eigenvalue weighted by molar-refractivity contribution is 7.89.